The first-order valence-electron chi connectivity index (χ1n) is 4.36. The number of nitrogens with zero attached hydrogens (tertiary/aromatic N) is 2. The summed E-state index contributed by atoms with van der Waals surface area (Å²) < 4.78 is 2.78. The van der Waals surface area contributed by atoms with E-state index in [1.807, 2.05) is 30.5 Å². The van der Waals surface area contributed by atoms with Crippen LogP contribution in [0.25, 0.3) is 5.69 Å². The molecule has 0 amide bonds. The Morgan fingerprint density at radius 1 is 1.33 bits per heavy atom. The number of hydrogen-bond donors (Lipinski definition) is 1. The Labute approximate surface area is 101 Å². The van der Waals surface area contributed by atoms with Gasteiger partial charge in [-0.25, -0.2) is 4.68 Å². The highest BCUT2D eigenvalue weighted by atomic mass is 79.9. The molecular weight excluding hydrogens is 274 g/mol. The summed E-state index contributed by atoms with van der Waals surface area (Å²) in [5, 5.41) is 4.24. The van der Waals surface area contributed by atoms with E-state index in [-0.39, 0.29) is 0 Å². The molecule has 5 heteroatoms. The highest BCUT2D eigenvalue weighted by Crippen LogP contribution is 2.25. The molecule has 1 aromatic carbocycles. The van der Waals surface area contributed by atoms with Gasteiger partial charge in [0.2, 0.25) is 0 Å². The van der Waals surface area contributed by atoms with Crippen molar-refractivity contribution in [3.63, 3.8) is 0 Å². The molecule has 1 aromatic heterocycles. The summed E-state index contributed by atoms with van der Waals surface area (Å²) in [6, 6.07) is 7.87. The van der Waals surface area contributed by atoms with E-state index in [1.165, 1.54) is 0 Å². The fourth-order valence-corrected chi connectivity index (χ4v) is 2.00. The maximum Gasteiger partial charge on any atom is 0.140 e. The minimum absolute atomic E-state index is 0.685. The molecule has 78 valence electrons. The van der Waals surface area contributed by atoms with Crippen LogP contribution in [0.15, 0.2) is 39.8 Å². The zero-order chi connectivity index (χ0) is 10.8. The van der Waals surface area contributed by atoms with Gasteiger partial charge in [-0.1, -0.05) is 15.9 Å². The SMILES string of the molecule is CSc1cnn(-c2ccc(Br)cc2)c1N. The third-order valence-corrected chi connectivity index (χ3v) is 3.35. The van der Waals surface area contributed by atoms with Crippen LogP contribution in [0.5, 0.6) is 0 Å². The molecule has 15 heavy (non-hydrogen) atoms. The van der Waals surface area contributed by atoms with E-state index in [0.29, 0.717) is 5.82 Å². The zero-order valence-electron chi connectivity index (χ0n) is 8.14. The summed E-state index contributed by atoms with van der Waals surface area (Å²) in [6.45, 7) is 0. The minimum Gasteiger partial charge on any atom is -0.383 e. The Bertz CT molecular complexity index is 464. The Morgan fingerprint density at radius 2 is 2.00 bits per heavy atom. The summed E-state index contributed by atoms with van der Waals surface area (Å²) in [5.41, 5.74) is 6.92. The molecule has 0 radical (unpaired) electrons. The average molecular weight is 284 g/mol. The van der Waals surface area contributed by atoms with Crippen molar-refractivity contribution in [1.82, 2.24) is 9.78 Å². The second-order valence-corrected chi connectivity index (χ2v) is 4.75. The molecule has 0 bridgehead atoms. The van der Waals surface area contributed by atoms with Gasteiger partial charge in [0.25, 0.3) is 0 Å². The molecule has 2 rings (SSSR count). The van der Waals surface area contributed by atoms with Crippen LogP contribution >= 0.6 is 27.7 Å². The Kier molecular flexibility index (Phi) is 3.02. The number of aromatic nitrogens is 2. The van der Waals surface area contributed by atoms with Crippen LogP contribution in [-0.4, -0.2) is 16.0 Å². The van der Waals surface area contributed by atoms with Crippen molar-refractivity contribution in [1.29, 1.82) is 0 Å². The number of thioether (sulfide) groups is 1. The number of halogens is 1. The maximum absolute atomic E-state index is 5.95. The maximum atomic E-state index is 5.95. The standard InChI is InChI=1S/C10H10BrN3S/c1-15-9-6-13-14(10(9)12)8-4-2-7(11)3-5-8/h2-6H,12H2,1H3. The summed E-state index contributed by atoms with van der Waals surface area (Å²) in [7, 11) is 0. The van der Waals surface area contributed by atoms with E-state index < -0.39 is 0 Å². The monoisotopic (exact) mass is 283 g/mol. The summed E-state index contributed by atoms with van der Waals surface area (Å²) >= 11 is 4.99. The van der Waals surface area contributed by atoms with E-state index in [1.54, 1.807) is 22.6 Å². The van der Waals surface area contributed by atoms with Gasteiger partial charge in [-0.05, 0) is 30.5 Å². The van der Waals surface area contributed by atoms with E-state index in [2.05, 4.69) is 21.0 Å². The van der Waals surface area contributed by atoms with Crippen LogP contribution in [0, 0.1) is 0 Å². The van der Waals surface area contributed by atoms with Crippen LogP contribution in [-0.2, 0) is 0 Å². The lowest BCUT2D eigenvalue weighted by molar-refractivity contribution is 0.891. The highest BCUT2D eigenvalue weighted by molar-refractivity contribution is 9.10. The van der Waals surface area contributed by atoms with Crippen molar-refractivity contribution < 1.29 is 0 Å². The van der Waals surface area contributed by atoms with Gasteiger partial charge >= 0.3 is 0 Å². The molecule has 0 atom stereocenters. The van der Waals surface area contributed by atoms with Crippen molar-refractivity contribution in [2.45, 2.75) is 4.90 Å². The molecule has 0 saturated heterocycles. The molecular formula is C10H10BrN3S. The first-order chi connectivity index (χ1) is 7.22. The van der Waals surface area contributed by atoms with Crippen molar-refractivity contribution in [2.75, 3.05) is 12.0 Å². The molecule has 0 spiro atoms. The summed E-state index contributed by atoms with van der Waals surface area (Å²) in [4.78, 5) is 0.998. The molecule has 0 fully saturated rings. The van der Waals surface area contributed by atoms with Gasteiger partial charge in [-0.2, -0.15) is 5.10 Å². The molecule has 0 aliphatic heterocycles. The Hall–Kier alpha value is -0.940. The number of anilines is 1. The fraction of sp³-hybridized carbons (Fsp3) is 0.100. The molecule has 0 unspecified atom stereocenters. The molecule has 2 aromatic rings. The van der Waals surface area contributed by atoms with Gasteiger partial charge in [-0.15, -0.1) is 11.8 Å². The van der Waals surface area contributed by atoms with Gasteiger partial charge in [0.05, 0.1) is 16.8 Å². The molecule has 1 heterocycles. The Morgan fingerprint density at radius 3 is 2.53 bits per heavy atom. The van der Waals surface area contributed by atoms with Crippen LogP contribution < -0.4 is 5.73 Å². The van der Waals surface area contributed by atoms with Crippen molar-refractivity contribution in [3.05, 3.63) is 34.9 Å². The number of nitrogens with two attached hydrogens (primary N) is 1. The van der Waals surface area contributed by atoms with Gasteiger partial charge in [0.15, 0.2) is 0 Å². The molecule has 2 N–H and O–H groups in total. The van der Waals surface area contributed by atoms with Gasteiger partial charge < -0.3 is 5.73 Å². The van der Waals surface area contributed by atoms with E-state index in [4.69, 9.17) is 5.73 Å². The molecule has 0 aliphatic rings. The topological polar surface area (TPSA) is 43.8 Å². The van der Waals surface area contributed by atoms with Crippen LogP contribution in [0.2, 0.25) is 0 Å². The van der Waals surface area contributed by atoms with Crippen molar-refractivity contribution >= 4 is 33.5 Å². The number of benzene rings is 1. The van der Waals surface area contributed by atoms with E-state index >= 15 is 0 Å². The largest absolute Gasteiger partial charge is 0.383 e. The lowest BCUT2D eigenvalue weighted by atomic mass is 10.3. The zero-order valence-corrected chi connectivity index (χ0v) is 10.5. The lowest BCUT2D eigenvalue weighted by Crippen LogP contribution is -2.01. The van der Waals surface area contributed by atoms with E-state index in [0.717, 1.165) is 15.1 Å². The van der Waals surface area contributed by atoms with E-state index in [9.17, 15) is 0 Å². The second-order valence-electron chi connectivity index (χ2n) is 2.99. The third kappa shape index (κ3) is 2.03. The number of hydrogen-bond acceptors (Lipinski definition) is 3. The van der Waals surface area contributed by atoms with Gasteiger partial charge in [-0.3, -0.25) is 0 Å². The van der Waals surface area contributed by atoms with Crippen LogP contribution in [0.1, 0.15) is 0 Å². The van der Waals surface area contributed by atoms with Crippen LogP contribution in [0.3, 0.4) is 0 Å². The van der Waals surface area contributed by atoms with Crippen molar-refractivity contribution in [2.24, 2.45) is 0 Å². The first-order valence-corrected chi connectivity index (χ1v) is 6.37. The predicted molar refractivity (Wildman–Crippen MR) is 67.5 cm³/mol. The fourth-order valence-electron chi connectivity index (χ4n) is 1.29. The predicted octanol–water partition coefficient (Wildman–Crippen LogP) is 2.94. The average Bonchev–Trinajstić information content (AvgIpc) is 2.61. The lowest BCUT2D eigenvalue weighted by Gasteiger charge is -2.04. The quantitative estimate of drug-likeness (QED) is 0.862. The Balaban J connectivity index is 2.45. The normalized spacial score (nSPS) is 10.5. The van der Waals surface area contributed by atoms with Gasteiger partial charge in [0.1, 0.15) is 5.82 Å². The number of nitrogen functional groups attached to an aromatic ring is 1. The molecule has 0 aliphatic carbocycles. The summed E-state index contributed by atoms with van der Waals surface area (Å²) in [6.07, 6.45) is 3.77. The number of rotatable bonds is 2. The second kappa shape index (κ2) is 4.28. The summed E-state index contributed by atoms with van der Waals surface area (Å²) in [5.74, 6) is 0.685. The highest BCUT2D eigenvalue weighted by Gasteiger charge is 2.07. The van der Waals surface area contributed by atoms with Crippen molar-refractivity contribution in [3.8, 4) is 5.69 Å². The molecule has 3 nitrogen and oxygen atoms in total. The van der Waals surface area contributed by atoms with Crippen LogP contribution in [0.4, 0.5) is 5.82 Å². The minimum atomic E-state index is 0.685. The van der Waals surface area contributed by atoms with Gasteiger partial charge in [0, 0.05) is 4.47 Å². The third-order valence-electron chi connectivity index (χ3n) is 2.06. The first kappa shape index (κ1) is 10.6. The smallest absolute Gasteiger partial charge is 0.140 e. The molecule has 0 saturated carbocycles.